The van der Waals surface area contributed by atoms with Gasteiger partial charge in [-0.2, -0.15) is 0 Å². The molecular weight excluding hydrogens is 516 g/mol. The molecule has 0 N–H and O–H groups in total. The highest BCUT2D eigenvalue weighted by molar-refractivity contribution is 6.01. The Kier molecular flexibility index (Phi) is 12.7. The minimum atomic E-state index is -0.973. The van der Waals surface area contributed by atoms with Gasteiger partial charge in [-0.3, -0.25) is 4.79 Å². The molecule has 6 heteroatoms. The van der Waals surface area contributed by atoms with Crippen LogP contribution in [0.3, 0.4) is 0 Å². The Balaban J connectivity index is 1.50. The molecule has 0 aliphatic rings. The Morgan fingerprint density at radius 2 is 1.22 bits per heavy atom. The molecule has 0 aliphatic heterocycles. The second kappa shape index (κ2) is 16.7. The summed E-state index contributed by atoms with van der Waals surface area (Å²) in [6, 6.07) is 21.0. The van der Waals surface area contributed by atoms with Gasteiger partial charge in [-0.25, -0.2) is 9.59 Å². The number of rotatable bonds is 16. The van der Waals surface area contributed by atoms with E-state index >= 15 is 0 Å². The minimum Gasteiger partial charge on any atom is -0.494 e. The van der Waals surface area contributed by atoms with Crippen molar-refractivity contribution in [1.82, 2.24) is 0 Å². The fourth-order valence-electron chi connectivity index (χ4n) is 4.24. The molecule has 0 aliphatic carbocycles. The largest absolute Gasteiger partial charge is 0.494 e. The summed E-state index contributed by atoms with van der Waals surface area (Å²) >= 11 is 0. The van der Waals surface area contributed by atoms with Crippen molar-refractivity contribution in [1.29, 1.82) is 0 Å². The summed E-state index contributed by atoms with van der Waals surface area (Å²) in [6.45, 7) is 4.81. The Morgan fingerprint density at radius 3 is 1.83 bits per heavy atom. The van der Waals surface area contributed by atoms with E-state index in [2.05, 4.69) is 6.92 Å². The van der Waals surface area contributed by atoms with Crippen LogP contribution in [0, 0.1) is 12.3 Å². The smallest absolute Gasteiger partial charge is 0.343 e. The SMILES string of the molecule is C#CC(=O)C(CCC)OC(=O)c1ccc(OC(=O)c2ccc(-c3ccc(OCCCCCCCC)cc3)cc2)cc1. The van der Waals surface area contributed by atoms with E-state index in [4.69, 9.17) is 20.6 Å². The number of terminal acetylenes is 1. The number of hydrogen-bond donors (Lipinski definition) is 0. The summed E-state index contributed by atoms with van der Waals surface area (Å²) < 4.78 is 16.6. The van der Waals surface area contributed by atoms with Crippen LogP contribution in [0.15, 0.2) is 72.8 Å². The number of Topliss-reactive ketones (excluding diaryl/α,β-unsaturated/α-hetero) is 1. The molecule has 0 amide bonds. The zero-order chi connectivity index (χ0) is 29.5. The standard InChI is InChI=1S/C35H38O6/c1-4-7-8-9-10-11-25-39-30-21-17-27(18-22-30)26-13-15-28(16-14-26)34(37)40-31-23-19-29(20-24-31)35(38)41-33(12-5-2)32(36)6-3/h3,13-24,33H,4-5,7-12,25H2,1-2H3. The number of ether oxygens (including phenoxy) is 3. The first-order chi connectivity index (χ1) is 19.9. The molecule has 1 atom stereocenters. The van der Waals surface area contributed by atoms with Crippen LogP contribution in [0.4, 0.5) is 0 Å². The van der Waals surface area contributed by atoms with Crippen molar-refractivity contribution >= 4 is 17.7 Å². The highest BCUT2D eigenvalue weighted by Crippen LogP contribution is 2.24. The van der Waals surface area contributed by atoms with Crippen LogP contribution in [-0.4, -0.2) is 30.4 Å². The molecule has 0 aromatic heterocycles. The number of hydrogen-bond acceptors (Lipinski definition) is 6. The molecule has 0 saturated carbocycles. The van der Waals surface area contributed by atoms with Gasteiger partial charge in [-0.05, 0) is 78.4 Å². The molecule has 0 heterocycles. The molecule has 0 bridgehead atoms. The van der Waals surface area contributed by atoms with E-state index in [-0.39, 0.29) is 11.3 Å². The Bertz CT molecular complexity index is 1300. The first kappa shape index (κ1) is 31.2. The van der Waals surface area contributed by atoms with Crippen LogP contribution in [0.1, 0.15) is 85.9 Å². The molecular formula is C35H38O6. The van der Waals surface area contributed by atoms with E-state index in [1.54, 1.807) is 12.1 Å². The van der Waals surface area contributed by atoms with Crippen molar-refractivity contribution in [3.05, 3.63) is 83.9 Å². The Morgan fingerprint density at radius 1 is 0.683 bits per heavy atom. The van der Waals surface area contributed by atoms with Crippen LogP contribution in [0.5, 0.6) is 11.5 Å². The lowest BCUT2D eigenvalue weighted by Crippen LogP contribution is -2.26. The van der Waals surface area contributed by atoms with Gasteiger partial charge in [0.05, 0.1) is 17.7 Å². The molecule has 214 valence electrons. The van der Waals surface area contributed by atoms with Gasteiger partial charge >= 0.3 is 11.9 Å². The number of benzene rings is 3. The average molecular weight is 555 g/mol. The summed E-state index contributed by atoms with van der Waals surface area (Å²) in [5.41, 5.74) is 2.60. The van der Waals surface area contributed by atoms with Gasteiger partial charge in [0, 0.05) is 0 Å². The van der Waals surface area contributed by atoms with Gasteiger partial charge in [0.25, 0.3) is 0 Å². The Labute approximate surface area is 243 Å². The zero-order valence-electron chi connectivity index (χ0n) is 23.9. The minimum absolute atomic E-state index is 0.221. The van der Waals surface area contributed by atoms with Crippen LogP contribution in [0.25, 0.3) is 11.1 Å². The van der Waals surface area contributed by atoms with Gasteiger partial charge < -0.3 is 14.2 Å². The zero-order valence-corrected chi connectivity index (χ0v) is 23.9. The van der Waals surface area contributed by atoms with Crippen molar-refractivity contribution in [2.75, 3.05) is 6.61 Å². The molecule has 0 radical (unpaired) electrons. The molecule has 3 aromatic rings. The lowest BCUT2D eigenvalue weighted by Gasteiger charge is -2.13. The van der Waals surface area contributed by atoms with Crippen LogP contribution >= 0.6 is 0 Å². The number of carbonyl (C=O) groups is 3. The van der Waals surface area contributed by atoms with E-state index in [9.17, 15) is 14.4 Å². The maximum atomic E-state index is 12.7. The van der Waals surface area contributed by atoms with Crippen LogP contribution < -0.4 is 9.47 Å². The average Bonchev–Trinajstić information content (AvgIpc) is 3.00. The fraction of sp³-hybridized carbons (Fsp3) is 0.343. The van der Waals surface area contributed by atoms with Crippen molar-refractivity contribution in [3.63, 3.8) is 0 Å². The quantitative estimate of drug-likeness (QED) is 0.0590. The third kappa shape index (κ3) is 9.95. The second-order valence-electron chi connectivity index (χ2n) is 9.82. The lowest BCUT2D eigenvalue weighted by molar-refractivity contribution is -0.122. The molecule has 3 rings (SSSR count). The van der Waals surface area contributed by atoms with Crippen molar-refractivity contribution in [2.24, 2.45) is 0 Å². The molecule has 6 nitrogen and oxygen atoms in total. The summed E-state index contributed by atoms with van der Waals surface area (Å²) in [7, 11) is 0. The van der Waals surface area contributed by atoms with Crippen molar-refractivity contribution < 1.29 is 28.6 Å². The van der Waals surface area contributed by atoms with E-state index in [1.807, 2.05) is 49.2 Å². The second-order valence-corrected chi connectivity index (χ2v) is 9.82. The van der Waals surface area contributed by atoms with Gasteiger partial charge in [0.15, 0.2) is 6.10 Å². The first-order valence-electron chi connectivity index (χ1n) is 14.3. The van der Waals surface area contributed by atoms with Crippen molar-refractivity contribution in [2.45, 2.75) is 71.3 Å². The first-order valence-corrected chi connectivity index (χ1v) is 14.3. The Hall–Kier alpha value is -4.37. The molecule has 1 unspecified atom stereocenters. The topological polar surface area (TPSA) is 78.9 Å². The molecule has 0 fully saturated rings. The highest BCUT2D eigenvalue weighted by atomic mass is 16.5. The number of esters is 2. The van der Waals surface area contributed by atoms with Gasteiger partial charge in [0.2, 0.25) is 5.78 Å². The maximum absolute atomic E-state index is 12.7. The van der Waals surface area contributed by atoms with Gasteiger partial charge in [0.1, 0.15) is 11.5 Å². The summed E-state index contributed by atoms with van der Waals surface area (Å²) in [5, 5.41) is 0. The van der Waals surface area contributed by atoms with Crippen molar-refractivity contribution in [3.8, 4) is 35.0 Å². The maximum Gasteiger partial charge on any atom is 0.343 e. The molecule has 41 heavy (non-hydrogen) atoms. The number of carbonyl (C=O) groups excluding carboxylic acids is 3. The summed E-state index contributed by atoms with van der Waals surface area (Å²) in [5.74, 6) is 1.37. The predicted molar refractivity (Wildman–Crippen MR) is 160 cm³/mol. The predicted octanol–water partition coefficient (Wildman–Crippen LogP) is 7.84. The highest BCUT2D eigenvalue weighted by Gasteiger charge is 2.21. The molecule has 3 aromatic carbocycles. The van der Waals surface area contributed by atoms with Crippen LogP contribution in [0.2, 0.25) is 0 Å². The van der Waals surface area contributed by atoms with E-state index < -0.39 is 23.8 Å². The normalized spacial score (nSPS) is 11.2. The molecule has 0 saturated heterocycles. The van der Waals surface area contributed by atoms with E-state index in [0.29, 0.717) is 18.4 Å². The fourth-order valence-corrected chi connectivity index (χ4v) is 4.24. The van der Waals surface area contributed by atoms with Gasteiger partial charge in [-0.1, -0.05) is 76.6 Å². The van der Waals surface area contributed by atoms with E-state index in [1.165, 1.54) is 56.4 Å². The van der Waals surface area contributed by atoms with Gasteiger partial charge in [-0.15, -0.1) is 6.42 Å². The molecule has 0 spiro atoms. The number of ketones is 1. The number of unbranched alkanes of at least 4 members (excludes halogenated alkanes) is 5. The summed E-state index contributed by atoms with van der Waals surface area (Å²) in [4.78, 5) is 36.9. The van der Waals surface area contributed by atoms with E-state index in [0.717, 1.165) is 29.9 Å². The third-order valence-corrected chi connectivity index (χ3v) is 6.61. The summed E-state index contributed by atoms with van der Waals surface area (Å²) in [6.07, 6.45) is 12.6. The monoisotopic (exact) mass is 554 g/mol. The van der Waals surface area contributed by atoms with Crippen LogP contribution in [-0.2, 0) is 9.53 Å². The lowest BCUT2D eigenvalue weighted by atomic mass is 10.0. The third-order valence-electron chi connectivity index (χ3n) is 6.61.